The van der Waals surface area contributed by atoms with Crippen LogP contribution in [0.15, 0.2) is 29.2 Å². The monoisotopic (exact) mass is 522 g/mol. The number of nitrogens with one attached hydrogen (secondary N) is 4. The van der Waals surface area contributed by atoms with Crippen molar-refractivity contribution in [3.05, 3.63) is 29.8 Å². The normalized spacial score (nSPS) is 18.9. The highest BCUT2D eigenvalue weighted by molar-refractivity contribution is 7.90. The Kier molecular flexibility index (Phi) is 9.63. The van der Waals surface area contributed by atoms with Crippen molar-refractivity contribution in [1.82, 2.24) is 20.7 Å². The summed E-state index contributed by atoms with van der Waals surface area (Å²) in [6.45, 7) is 3.34. The quantitative estimate of drug-likeness (QED) is 0.352. The minimum absolute atomic E-state index is 0.00462. The van der Waals surface area contributed by atoms with E-state index in [1.165, 1.54) is 26.2 Å². The van der Waals surface area contributed by atoms with Crippen LogP contribution in [-0.2, 0) is 35.7 Å². The number of hydrogen-bond acceptors (Lipinski definition) is 7. The van der Waals surface area contributed by atoms with Gasteiger partial charge in [0.05, 0.1) is 16.9 Å². The van der Waals surface area contributed by atoms with E-state index in [0.29, 0.717) is 0 Å². The number of alkyl halides is 3. The zero-order valence-electron chi connectivity index (χ0n) is 19.4. The van der Waals surface area contributed by atoms with Crippen LogP contribution in [0.3, 0.4) is 0 Å². The van der Waals surface area contributed by atoms with Gasteiger partial charge in [-0.1, -0.05) is 19.1 Å². The molecule has 1 saturated heterocycles. The Balaban J connectivity index is 1.94. The van der Waals surface area contributed by atoms with Crippen molar-refractivity contribution < 1.29 is 40.7 Å². The molecule has 1 heterocycles. The average Bonchev–Trinajstić information content (AvgIpc) is 3.31. The van der Waals surface area contributed by atoms with Crippen LogP contribution in [0.4, 0.5) is 13.2 Å². The van der Waals surface area contributed by atoms with Crippen LogP contribution in [0.2, 0.25) is 0 Å². The molecule has 1 fully saturated rings. The van der Waals surface area contributed by atoms with Crippen LogP contribution >= 0.6 is 0 Å². The number of hydrogen-bond donors (Lipinski definition) is 4. The number of halogens is 3. The zero-order chi connectivity index (χ0) is 26.4. The first-order chi connectivity index (χ1) is 16.3. The summed E-state index contributed by atoms with van der Waals surface area (Å²) in [6.07, 6.45) is -3.65. The van der Waals surface area contributed by atoms with Crippen LogP contribution in [0, 0.1) is 5.92 Å². The SMILES string of the molecule is CO[C@@H]([C@@H]1CCCN1)[C@@H](C)C(=O)N[C@@H](C)C(=O)NS(=O)(=O)c1ccc(CNC(=O)C(F)(F)F)cc1. The largest absolute Gasteiger partial charge is 0.471 e. The Labute approximate surface area is 201 Å². The molecule has 14 heteroatoms. The molecule has 4 atom stereocenters. The minimum atomic E-state index is -5.03. The van der Waals surface area contributed by atoms with Gasteiger partial charge in [-0.25, -0.2) is 13.1 Å². The molecular formula is C21H29F3N4O6S. The van der Waals surface area contributed by atoms with Crippen molar-refractivity contribution in [3.63, 3.8) is 0 Å². The first-order valence-electron chi connectivity index (χ1n) is 10.8. The Morgan fingerprint density at radius 2 is 1.77 bits per heavy atom. The number of sulfonamides is 1. The fraction of sp³-hybridized carbons (Fsp3) is 0.571. The van der Waals surface area contributed by atoms with E-state index in [4.69, 9.17) is 4.74 Å². The number of methoxy groups -OCH3 is 1. The Morgan fingerprint density at radius 1 is 1.14 bits per heavy atom. The molecule has 10 nitrogen and oxygen atoms in total. The number of rotatable bonds is 10. The van der Waals surface area contributed by atoms with Crippen LogP contribution in [0.25, 0.3) is 0 Å². The van der Waals surface area contributed by atoms with E-state index in [2.05, 4.69) is 10.6 Å². The maximum atomic E-state index is 12.6. The summed E-state index contributed by atoms with van der Waals surface area (Å²) in [6, 6.07) is 3.37. The van der Waals surface area contributed by atoms with E-state index in [9.17, 15) is 36.0 Å². The van der Waals surface area contributed by atoms with Gasteiger partial charge in [0.15, 0.2) is 0 Å². The molecule has 4 N–H and O–H groups in total. The minimum Gasteiger partial charge on any atom is -0.379 e. The number of benzene rings is 1. The Bertz CT molecular complexity index is 1010. The van der Waals surface area contributed by atoms with E-state index in [0.717, 1.165) is 31.5 Å². The van der Waals surface area contributed by atoms with Crippen molar-refractivity contribution in [2.24, 2.45) is 5.92 Å². The molecule has 1 aliphatic rings. The molecule has 196 valence electrons. The van der Waals surface area contributed by atoms with Gasteiger partial charge < -0.3 is 20.7 Å². The van der Waals surface area contributed by atoms with Gasteiger partial charge in [-0.2, -0.15) is 13.2 Å². The summed E-state index contributed by atoms with van der Waals surface area (Å²) in [5.41, 5.74) is 0.215. The second-order valence-corrected chi connectivity index (χ2v) is 9.90. The molecule has 1 aliphatic heterocycles. The number of carbonyl (C=O) groups excluding carboxylic acids is 3. The zero-order valence-corrected chi connectivity index (χ0v) is 20.3. The number of amides is 3. The lowest BCUT2D eigenvalue weighted by Crippen LogP contribution is -2.51. The van der Waals surface area contributed by atoms with Gasteiger partial charge in [0.25, 0.3) is 15.9 Å². The summed E-state index contributed by atoms with van der Waals surface area (Å²) in [5.74, 6) is -4.17. The van der Waals surface area contributed by atoms with E-state index in [1.54, 1.807) is 12.2 Å². The summed E-state index contributed by atoms with van der Waals surface area (Å²) >= 11 is 0. The lowest BCUT2D eigenvalue weighted by atomic mass is 9.95. The summed E-state index contributed by atoms with van der Waals surface area (Å²) < 4.78 is 69.1. The maximum Gasteiger partial charge on any atom is 0.471 e. The number of carbonyl (C=O) groups is 3. The van der Waals surface area contributed by atoms with Gasteiger partial charge in [0.1, 0.15) is 6.04 Å². The number of ether oxygens (including phenoxy) is 1. The van der Waals surface area contributed by atoms with Crippen molar-refractivity contribution in [1.29, 1.82) is 0 Å². The van der Waals surface area contributed by atoms with E-state index in [1.807, 2.05) is 4.72 Å². The molecule has 0 saturated carbocycles. The molecule has 0 unspecified atom stereocenters. The maximum absolute atomic E-state index is 12.6. The molecule has 1 aromatic carbocycles. The van der Waals surface area contributed by atoms with Gasteiger partial charge >= 0.3 is 12.1 Å². The van der Waals surface area contributed by atoms with Crippen molar-refractivity contribution in [2.45, 2.75) is 62.5 Å². The standard InChI is InChI=1S/C21H29F3N4O6S/c1-12(17(34-3)16-5-4-10-25-16)18(29)27-13(2)19(30)28-35(32,33)15-8-6-14(7-9-15)11-26-20(31)21(22,23)24/h6-9,12-13,16-17,25H,4-5,10-11H2,1-3H3,(H,26,31)(H,27,29)(H,28,30)/t12-,13+,16+,17-/m1/s1. The van der Waals surface area contributed by atoms with Gasteiger partial charge in [0, 0.05) is 19.7 Å². The van der Waals surface area contributed by atoms with Gasteiger partial charge in [-0.15, -0.1) is 0 Å². The molecule has 2 rings (SSSR count). The van der Waals surface area contributed by atoms with Crippen LogP contribution in [-0.4, -0.2) is 64.2 Å². The first-order valence-corrected chi connectivity index (χ1v) is 12.3. The molecular weight excluding hydrogens is 493 g/mol. The fourth-order valence-corrected chi connectivity index (χ4v) is 4.67. The van der Waals surface area contributed by atoms with E-state index >= 15 is 0 Å². The summed E-state index contributed by atoms with van der Waals surface area (Å²) in [4.78, 5) is 35.6. The molecule has 0 bridgehead atoms. The Hall–Kier alpha value is -2.71. The highest BCUT2D eigenvalue weighted by atomic mass is 32.2. The molecule has 35 heavy (non-hydrogen) atoms. The van der Waals surface area contributed by atoms with Crippen LogP contribution < -0.4 is 20.7 Å². The van der Waals surface area contributed by atoms with Gasteiger partial charge in [-0.3, -0.25) is 14.4 Å². The van der Waals surface area contributed by atoms with E-state index < -0.39 is 58.5 Å². The third-order valence-electron chi connectivity index (χ3n) is 5.60. The average molecular weight is 523 g/mol. The second kappa shape index (κ2) is 11.8. The second-order valence-electron chi connectivity index (χ2n) is 8.22. The molecule has 0 radical (unpaired) electrons. The fourth-order valence-electron chi connectivity index (χ4n) is 3.62. The smallest absolute Gasteiger partial charge is 0.379 e. The third kappa shape index (κ3) is 7.90. The molecule has 1 aromatic rings. The summed E-state index contributed by atoms with van der Waals surface area (Å²) in [7, 11) is -2.83. The molecule has 0 aromatic heterocycles. The predicted octanol–water partition coefficient (Wildman–Crippen LogP) is 0.578. The van der Waals surface area contributed by atoms with E-state index in [-0.39, 0.29) is 16.5 Å². The van der Waals surface area contributed by atoms with Crippen LogP contribution in [0.1, 0.15) is 32.3 Å². The lowest BCUT2D eigenvalue weighted by molar-refractivity contribution is -0.173. The van der Waals surface area contributed by atoms with Crippen molar-refractivity contribution in [2.75, 3.05) is 13.7 Å². The topological polar surface area (TPSA) is 143 Å². The van der Waals surface area contributed by atoms with Crippen molar-refractivity contribution >= 4 is 27.7 Å². The van der Waals surface area contributed by atoms with Crippen LogP contribution in [0.5, 0.6) is 0 Å². The summed E-state index contributed by atoms with van der Waals surface area (Å²) in [5, 5.41) is 7.41. The van der Waals surface area contributed by atoms with Crippen molar-refractivity contribution in [3.8, 4) is 0 Å². The first kappa shape index (κ1) is 28.5. The van der Waals surface area contributed by atoms with Gasteiger partial charge in [0.2, 0.25) is 5.91 Å². The molecule has 0 spiro atoms. The highest BCUT2D eigenvalue weighted by Crippen LogP contribution is 2.19. The Morgan fingerprint density at radius 3 is 2.29 bits per heavy atom. The predicted molar refractivity (Wildman–Crippen MR) is 118 cm³/mol. The highest BCUT2D eigenvalue weighted by Gasteiger charge is 2.38. The third-order valence-corrected chi connectivity index (χ3v) is 6.97. The van der Waals surface area contributed by atoms with Gasteiger partial charge in [-0.05, 0) is 44.0 Å². The molecule has 3 amide bonds. The lowest BCUT2D eigenvalue weighted by Gasteiger charge is -2.28. The molecule has 0 aliphatic carbocycles.